The highest BCUT2D eigenvalue weighted by Crippen LogP contribution is 2.46. The van der Waals surface area contributed by atoms with E-state index in [0.717, 1.165) is 79.4 Å². The smallest absolute Gasteiger partial charge is 0.262 e. The molecule has 6 aliphatic rings. The van der Waals surface area contributed by atoms with Gasteiger partial charge in [-0.2, -0.15) is 0 Å². The molecule has 9 rings (SSSR count). The van der Waals surface area contributed by atoms with Gasteiger partial charge in [-0.05, 0) is 97.7 Å². The molecule has 0 radical (unpaired) electrons. The standard InChI is InChI=1S/C44H45ClN8O6/c1-27-22-44(26-52(27)32-7-8-36(46-2)35(45)21-32)11-13-50(14-12-44)41(57)28-3-5-31(6-4-28)49-17-15-48(16-18-49)25-39(55)51-23-29-19-33-34(20-30(29)24-51)43(59)53(42(33)58)37-9-10-38(54)47-40(37)56/h3-8,19-21,27,37H,9-18,22-26H2,1H3,(H,47,54,56)/t27-,37?/m0/s1. The summed E-state index contributed by atoms with van der Waals surface area (Å²) in [5.74, 6) is -2.14. The van der Waals surface area contributed by atoms with Crippen LogP contribution in [-0.4, -0.2) is 119 Å². The van der Waals surface area contributed by atoms with Crippen LogP contribution in [0, 0.1) is 12.0 Å². The molecule has 6 amide bonds. The Morgan fingerprint density at radius 3 is 2.10 bits per heavy atom. The van der Waals surface area contributed by atoms with Gasteiger partial charge in [-0.1, -0.05) is 17.7 Å². The first-order valence-electron chi connectivity index (χ1n) is 20.4. The predicted molar refractivity (Wildman–Crippen MR) is 219 cm³/mol. The van der Waals surface area contributed by atoms with Crippen LogP contribution in [0.5, 0.6) is 0 Å². The second-order valence-corrected chi connectivity index (χ2v) is 17.3. The molecule has 1 spiro atoms. The number of halogens is 1. The molecule has 0 bridgehead atoms. The summed E-state index contributed by atoms with van der Waals surface area (Å²) < 4.78 is 0. The van der Waals surface area contributed by atoms with Gasteiger partial charge < -0.3 is 19.6 Å². The highest BCUT2D eigenvalue weighted by molar-refractivity contribution is 6.33. The van der Waals surface area contributed by atoms with E-state index in [9.17, 15) is 28.8 Å². The number of piperazine rings is 1. The number of hydrogen-bond acceptors (Lipinski definition) is 9. The Bertz CT molecular complexity index is 2280. The summed E-state index contributed by atoms with van der Waals surface area (Å²) in [7, 11) is 0. The molecule has 2 atom stereocenters. The second kappa shape index (κ2) is 15.1. The zero-order chi connectivity index (χ0) is 41.2. The molecule has 3 aromatic rings. The summed E-state index contributed by atoms with van der Waals surface area (Å²) in [6.07, 6.45) is 3.11. The minimum Gasteiger partial charge on any atom is -0.369 e. The summed E-state index contributed by atoms with van der Waals surface area (Å²) in [6, 6.07) is 16.2. The lowest BCUT2D eigenvalue weighted by Gasteiger charge is -2.39. The van der Waals surface area contributed by atoms with E-state index >= 15 is 0 Å². The maximum absolute atomic E-state index is 13.6. The number of nitrogens with zero attached hydrogens (tertiary/aromatic N) is 7. The van der Waals surface area contributed by atoms with E-state index in [4.69, 9.17) is 18.2 Å². The number of benzene rings is 3. The van der Waals surface area contributed by atoms with Gasteiger partial charge in [0, 0.05) is 93.3 Å². The van der Waals surface area contributed by atoms with Crippen molar-refractivity contribution < 1.29 is 28.8 Å². The zero-order valence-electron chi connectivity index (χ0n) is 32.9. The van der Waals surface area contributed by atoms with Crippen molar-refractivity contribution in [2.45, 2.75) is 64.2 Å². The number of anilines is 2. The van der Waals surface area contributed by atoms with Crippen molar-refractivity contribution in [2.24, 2.45) is 5.41 Å². The van der Waals surface area contributed by atoms with Gasteiger partial charge in [0.2, 0.25) is 23.4 Å². The van der Waals surface area contributed by atoms with Crippen LogP contribution in [0.2, 0.25) is 5.02 Å². The fourth-order valence-corrected chi connectivity index (χ4v) is 10.2. The van der Waals surface area contributed by atoms with Crippen molar-refractivity contribution in [2.75, 3.05) is 62.2 Å². The third-order valence-electron chi connectivity index (χ3n) is 13.3. The van der Waals surface area contributed by atoms with E-state index in [1.165, 1.54) is 0 Å². The second-order valence-electron chi connectivity index (χ2n) is 16.9. The van der Waals surface area contributed by atoms with Gasteiger partial charge in [0.1, 0.15) is 6.04 Å². The average molecular weight is 817 g/mol. The van der Waals surface area contributed by atoms with Crippen molar-refractivity contribution in [3.8, 4) is 0 Å². The molecular weight excluding hydrogens is 772 g/mol. The minimum atomic E-state index is -1.02. The largest absolute Gasteiger partial charge is 0.369 e. The van der Waals surface area contributed by atoms with E-state index in [1.54, 1.807) is 23.1 Å². The van der Waals surface area contributed by atoms with Gasteiger partial charge in [0.05, 0.1) is 24.2 Å². The fraction of sp³-hybridized carbons (Fsp3) is 0.432. The van der Waals surface area contributed by atoms with Crippen LogP contribution in [0.15, 0.2) is 54.6 Å². The Labute approximate surface area is 347 Å². The summed E-state index contributed by atoms with van der Waals surface area (Å²) in [4.78, 5) is 92.7. The van der Waals surface area contributed by atoms with E-state index in [1.807, 2.05) is 41.3 Å². The number of nitrogens with one attached hydrogen (secondary N) is 1. The molecule has 1 N–H and O–H groups in total. The van der Waals surface area contributed by atoms with Gasteiger partial charge in [-0.3, -0.25) is 43.9 Å². The first-order valence-corrected chi connectivity index (χ1v) is 20.7. The first kappa shape index (κ1) is 38.7. The van der Waals surface area contributed by atoms with Crippen LogP contribution in [-0.2, 0) is 27.5 Å². The predicted octanol–water partition coefficient (Wildman–Crippen LogP) is 4.48. The number of fused-ring (bicyclic) bond motifs is 2. The van der Waals surface area contributed by atoms with Crippen LogP contribution in [0.3, 0.4) is 0 Å². The van der Waals surface area contributed by atoms with Gasteiger partial charge in [0.15, 0.2) is 0 Å². The molecule has 1 unspecified atom stereocenters. The van der Waals surface area contributed by atoms with Crippen LogP contribution in [0.1, 0.15) is 81.2 Å². The SMILES string of the molecule is [C-]#[N+]c1ccc(N2CC3(CCN(C(=O)c4ccc(N5CCN(CC(=O)N6Cc7cc8c(cc7C6)C(=O)N(C6CCC(=O)NC6=O)C8=O)CC5)cc4)CC3)C[C@@H]2C)cc1Cl. The molecule has 14 nitrogen and oxygen atoms in total. The van der Waals surface area contributed by atoms with Crippen LogP contribution < -0.4 is 15.1 Å². The Balaban J connectivity index is 0.739. The van der Waals surface area contributed by atoms with E-state index in [0.29, 0.717) is 48.5 Å². The summed E-state index contributed by atoms with van der Waals surface area (Å²) in [6.45, 7) is 15.7. The summed E-state index contributed by atoms with van der Waals surface area (Å²) in [5, 5.41) is 2.70. The maximum atomic E-state index is 13.6. The molecule has 0 aliphatic carbocycles. The van der Waals surface area contributed by atoms with E-state index < -0.39 is 29.7 Å². The van der Waals surface area contributed by atoms with Crippen molar-refractivity contribution in [3.63, 3.8) is 0 Å². The molecule has 4 fully saturated rings. The lowest BCUT2D eigenvalue weighted by atomic mass is 9.76. The molecule has 4 saturated heterocycles. The van der Waals surface area contributed by atoms with Gasteiger partial charge >= 0.3 is 0 Å². The number of piperidine rings is 2. The Hall–Kier alpha value is -5.78. The normalized spacial score (nSPS) is 22.8. The number of hydrogen-bond donors (Lipinski definition) is 1. The first-order chi connectivity index (χ1) is 28.4. The zero-order valence-corrected chi connectivity index (χ0v) is 33.7. The fourth-order valence-electron chi connectivity index (χ4n) is 9.97. The van der Waals surface area contributed by atoms with Crippen molar-refractivity contribution in [3.05, 3.63) is 98.9 Å². The number of rotatable bonds is 6. The molecule has 6 heterocycles. The molecular formula is C44H45ClN8O6. The van der Waals surface area contributed by atoms with Crippen molar-refractivity contribution in [1.82, 2.24) is 24.9 Å². The number of likely N-dealkylation sites (tertiary alicyclic amines) is 1. The van der Waals surface area contributed by atoms with Crippen molar-refractivity contribution in [1.29, 1.82) is 0 Å². The van der Waals surface area contributed by atoms with Crippen molar-refractivity contribution >= 4 is 64.1 Å². The summed E-state index contributed by atoms with van der Waals surface area (Å²) in [5.41, 5.74) is 5.44. The lowest BCUT2D eigenvalue weighted by Crippen LogP contribution is -2.54. The number of amides is 6. The topological polar surface area (TPSA) is 138 Å². The lowest BCUT2D eigenvalue weighted by molar-refractivity contribution is -0.136. The monoisotopic (exact) mass is 816 g/mol. The van der Waals surface area contributed by atoms with E-state index in [-0.39, 0.29) is 47.7 Å². The molecule has 3 aromatic carbocycles. The molecule has 304 valence electrons. The third-order valence-corrected chi connectivity index (χ3v) is 13.6. The molecule has 15 heteroatoms. The quantitative estimate of drug-likeness (QED) is 0.282. The highest BCUT2D eigenvalue weighted by Gasteiger charge is 2.47. The van der Waals surface area contributed by atoms with Gasteiger partial charge in [-0.15, -0.1) is 0 Å². The van der Waals surface area contributed by atoms with E-state index in [2.05, 4.69) is 31.8 Å². The van der Waals surface area contributed by atoms with Crippen LogP contribution in [0.4, 0.5) is 17.1 Å². The number of carbonyl (C=O) groups is 6. The Morgan fingerprint density at radius 2 is 1.49 bits per heavy atom. The minimum absolute atomic E-state index is 0.0268. The molecule has 6 aliphatic heterocycles. The molecule has 0 saturated carbocycles. The Morgan fingerprint density at radius 1 is 0.847 bits per heavy atom. The van der Waals surface area contributed by atoms with Crippen LogP contribution in [0.25, 0.3) is 4.85 Å². The van der Waals surface area contributed by atoms with Gasteiger partial charge in [-0.25, -0.2) is 4.85 Å². The molecule has 0 aromatic heterocycles. The van der Waals surface area contributed by atoms with Gasteiger partial charge in [0.25, 0.3) is 17.7 Å². The van der Waals surface area contributed by atoms with Crippen LogP contribution >= 0.6 is 11.6 Å². The molecule has 59 heavy (non-hydrogen) atoms. The maximum Gasteiger partial charge on any atom is 0.262 e. The third kappa shape index (κ3) is 7.10. The highest BCUT2D eigenvalue weighted by atomic mass is 35.5. The Kier molecular flexibility index (Phi) is 9.92. The number of carbonyl (C=O) groups excluding carboxylic acids is 6. The average Bonchev–Trinajstić information content (AvgIpc) is 3.88. The number of imide groups is 2. The summed E-state index contributed by atoms with van der Waals surface area (Å²) >= 11 is 6.37.